The van der Waals surface area contributed by atoms with E-state index in [2.05, 4.69) is 5.32 Å². The van der Waals surface area contributed by atoms with E-state index in [4.69, 9.17) is 0 Å². The zero-order chi connectivity index (χ0) is 14.4. The van der Waals surface area contributed by atoms with E-state index in [1.54, 1.807) is 24.3 Å². The number of carboxylic acid groups (broad SMARTS) is 1. The fraction of sp³-hybridized carbons (Fsp3) is 0.500. The normalized spacial score (nSPS) is 17.6. The lowest BCUT2D eigenvalue weighted by atomic mass is 9.84. The van der Waals surface area contributed by atoms with Gasteiger partial charge >= 0.3 is 0 Å². The Labute approximate surface area is 119 Å². The van der Waals surface area contributed by atoms with Crippen LogP contribution in [-0.2, 0) is 4.79 Å². The topological polar surface area (TPSA) is 69.2 Å². The SMILES string of the molecule is O=C(CNC(C(=O)[O-])C1CCCCC1)c1ccccc1. The van der Waals surface area contributed by atoms with Crippen molar-refractivity contribution in [2.45, 2.75) is 38.1 Å². The molecule has 0 heterocycles. The molecule has 1 aromatic carbocycles. The third kappa shape index (κ3) is 3.90. The molecule has 20 heavy (non-hydrogen) atoms. The lowest BCUT2D eigenvalue weighted by Crippen LogP contribution is -2.51. The number of nitrogens with one attached hydrogen (secondary N) is 1. The van der Waals surface area contributed by atoms with Gasteiger partial charge in [-0.25, -0.2) is 0 Å². The van der Waals surface area contributed by atoms with E-state index in [-0.39, 0.29) is 18.2 Å². The zero-order valence-corrected chi connectivity index (χ0v) is 11.5. The fourth-order valence-corrected chi connectivity index (χ4v) is 2.84. The van der Waals surface area contributed by atoms with Crippen LogP contribution in [-0.4, -0.2) is 24.3 Å². The van der Waals surface area contributed by atoms with Gasteiger partial charge in [0.1, 0.15) is 0 Å². The first-order chi connectivity index (χ1) is 9.68. The van der Waals surface area contributed by atoms with Gasteiger partial charge < -0.3 is 15.2 Å². The molecule has 1 aliphatic carbocycles. The molecule has 2 rings (SSSR count). The minimum atomic E-state index is -1.10. The minimum absolute atomic E-state index is 0.0408. The van der Waals surface area contributed by atoms with E-state index in [1.807, 2.05) is 6.07 Å². The summed E-state index contributed by atoms with van der Waals surface area (Å²) < 4.78 is 0. The van der Waals surface area contributed by atoms with E-state index < -0.39 is 12.0 Å². The van der Waals surface area contributed by atoms with Crippen LogP contribution in [0.3, 0.4) is 0 Å². The lowest BCUT2D eigenvalue weighted by Gasteiger charge is -2.31. The number of Topliss-reactive ketones (excluding diaryl/α,β-unsaturated/α-hetero) is 1. The quantitative estimate of drug-likeness (QED) is 0.790. The van der Waals surface area contributed by atoms with E-state index in [0.717, 1.165) is 25.7 Å². The van der Waals surface area contributed by atoms with Gasteiger partial charge in [0.25, 0.3) is 0 Å². The first kappa shape index (κ1) is 14.7. The van der Waals surface area contributed by atoms with Crippen LogP contribution in [0.1, 0.15) is 42.5 Å². The van der Waals surface area contributed by atoms with Crippen molar-refractivity contribution >= 4 is 11.8 Å². The van der Waals surface area contributed by atoms with Gasteiger partial charge in [0.05, 0.1) is 12.5 Å². The number of rotatable bonds is 6. The van der Waals surface area contributed by atoms with Gasteiger partial charge in [0.2, 0.25) is 0 Å². The highest BCUT2D eigenvalue weighted by atomic mass is 16.4. The molecule has 0 radical (unpaired) electrons. The van der Waals surface area contributed by atoms with E-state index in [9.17, 15) is 14.7 Å². The Kier molecular flexibility index (Phi) is 5.30. The maximum absolute atomic E-state index is 12.0. The molecule has 0 aromatic heterocycles. The molecule has 0 amide bonds. The molecule has 1 N–H and O–H groups in total. The Hall–Kier alpha value is -1.68. The Bertz CT molecular complexity index is 452. The number of carboxylic acids is 1. The highest BCUT2D eigenvalue weighted by molar-refractivity contribution is 5.97. The first-order valence-corrected chi connectivity index (χ1v) is 7.21. The fourth-order valence-electron chi connectivity index (χ4n) is 2.84. The average molecular weight is 274 g/mol. The molecule has 1 aromatic rings. The van der Waals surface area contributed by atoms with E-state index in [0.29, 0.717) is 5.56 Å². The van der Waals surface area contributed by atoms with Gasteiger partial charge in [-0.05, 0) is 18.8 Å². The standard InChI is InChI=1S/C16H21NO3/c18-14(12-7-3-1-4-8-12)11-17-15(16(19)20)13-9-5-2-6-10-13/h1,3-4,7-8,13,15,17H,2,5-6,9-11H2,(H,19,20)/p-1. The molecule has 0 saturated heterocycles. The third-order valence-corrected chi connectivity index (χ3v) is 3.95. The number of ketones is 1. The molecule has 108 valence electrons. The second-order valence-electron chi connectivity index (χ2n) is 5.36. The summed E-state index contributed by atoms with van der Waals surface area (Å²) in [6.07, 6.45) is 5.07. The van der Waals surface area contributed by atoms with Crippen molar-refractivity contribution in [3.63, 3.8) is 0 Å². The number of benzene rings is 1. The Morgan fingerprint density at radius 2 is 1.80 bits per heavy atom. The van der Waals surface area contributed by atoms with Crippen LogP contribution in [0.25, 0.3) is 0 Å². The van der Waals surface area contributed by atoms with Gasteiger partial charge in [0, 0.05) is 11.6 Å². The monoisotopic (exact) mass is 274 g/mol. The molecule has 1 fully saturated rings. The van der Waals surface area contributed by atoms with Crippen LogP contribution in [0.15, 0.2) is 30.3 Å². The van der Waals surface area contributed by atoms with Gasteiger partial charge in [-0.15, -0.1) is 0 Å². The number of hydrogen-bond acceptors (Lipinski definition) is 4. The Balaban J connectivity index is 1.92. The molecule has 4 nitrogen and oxygen atoms in total. The van der Waals surface area contributed by atoms with E-state index in [1.165, 1.54) is 6.42 Å². The third-order valence-electron chi connectivity index (χ3n) is 3.95. The molecule has 1 atom stereocenters. The van der Waals surface area contributed by atoms with Crippen molar-refractivity contribution in [1.29, 1.82) is 0 Å². The molecular weight excluding hydrogens is 254 g/mol. The summed E-state index contributed by atoms with van der Waals surface area (Å²) in [5.41, 5.74) is 0.598. The second-order valence-corrected chi connectivity index (χ2v) is 5.36. The highest BCUT2D eigenvalue weighted by Gasteiger charge is 2.24. The maximum atomic E-state index is 12.0. The largest absolute Gasteiger partial charge is 0.548 e. The molecule has 4 heteroatoms. The highest BCUT2D eigenvalue weighted by Crippen LogP contribution is 2.26. The smallest absolute Gasteiger partial charge is 0.176 e. The van der Waals surface area contributed by atoms with Crippen molar-refractivity contribution in [3.05, 3.63) is 35.9 Å². The average Bonchev–Trinajstić information content (AvgIpc) is 2.49. The summed E-state index contributed by atoms with van der Waals surface area (Å²) in [6, 6.07) is 8.19. The molecule has 1 unspecified atom stereocenters. The summed E-state index contributed by atoms with van der Waals surface area (Å²) in [5.74, 6) is -1.11. The van der Waals surface area contributed by atoms with E-state index >= 15 is 0 Å². The van der Waals surface area contributed by atoms with Gasteiger partial charge in [-0.2, -0.15) is 0 Å². The Morgan fingerprint density at radius 1 is 1.15 bits per heavy atom. The van der Waals surface area contributed by atoms with Crippen LogP contribution in [0.5, 0.6) is 0 Å². The van der Waals surface area contributed by atoms with Crippen molar-refractivity contribution < 1.29 is 14.7 Å². The minimum Gasteiger partial charge on any atom is -0.548 e. The summed E-state index contributed by atoms with van der Waals surface area (Å²) in [4.78, 5) is 23.2. The van der Waals surface area contributed by atoms with Crippen LogP contribution in [0.2, 0.25) is 0 Å². The molecule has 1 aliphatic rings. The molecule has 0 spiro atoms. The summed E-state index contributed by atoms with van der Waals surface area (Å²) in [7, 11) is 0. The maximum Gasteiger partial charge on any atom is 0.176 e. The molecule has 0 aliphatic heterocycles. The predicted molar refractivity (Wildman–Crippen MR) is 74.1 cm³/mol. The summed E-state index contributed by atoms with van der Waals surface area (Å²) in [6.45, 7) is 0.0408. The first-order valence-electron chi connectivity index (χ1n) is 7.21. The molecule has 0 bridgehead atoms. The van der Waals surface area contributed by atoms with Crippen molar-refractivity contribution in [2.24, 2.45) is 5.92 Å². The lowest BCUT2D eigenvalue weighted by molar-refractivity contribution is -0.310. The summed E-state index contributed by atoms with van der Waals surface area (Å²) in [5, 5.41) is 14.1. The van der Waals surface area contributed by atoms with Gasteiger partial charge in [0.15, 0.2) is 5.78 Å². The number of aliphatic carboxylic acids is 1. The van der Waals surface area contributed by atoms with Crippen molar-refractivity contribution in [2.75, 3.05) is 6.54 Å². The zero-order valence-electron chi connectivity index (χ0n) is 11.5. The second kappa shape index (κ2) is 7.20. The van der Waals surface area contributed by atoms with Crippen LogP contribution >= 0.6 is 0 Å². The number of carbonyl (C=O) groups excluding carboxylic acids is 2. The van der Waals surface area contributed by atoms with Crippen molar-refractivity contribution in [1.82, 2.24) is 5.32 Å². The molecule has 1 saturated carbocycles. The van der Waals surface area contributed by atoms with Crippen LogP contribution in [0.4, 0.5) is 0 Å². The summed E-state index contributed by atoms with van der Waals surface area (Å²) >= 11 is 0. The predicted octanol–water partition coefficient (Wildman–Crippen LogP) is 1.16. The van der Waals surface area contributed by atoms with Gasteiger partial charge in [-0.3, -0.25) is 4.79 Å². The van der Waals surface area contributed by atoms with Crippen LogP contribution < -0.4 is 10.4 Å². The number of carbonyl (C=O) groups is 2. The Morgan fingerprint density at radius 3 is 2.40 bits per heavy atom. The van der Waals surface area contributed by atoms with Crippen LogP contribution in [0, 0.1) is 5.92 Å². The van der Waals surface area contributed by atoms with Gasteiger partial charge in [-0.1, -0.05) is 49.6 Å². The molecular formula is C16H20NO3-. The van der Waals surface area contributed by atoms with Crippen molar-refractivity contribution in [3.8, 4) is 0 Å². The number of hydrogen-bond donors (Lipinski definition) is 1.